The van der Waals surface area contributed by atoms with E-state index in [1.807, 2.05) is 60.7 Å². The molecule has 0 bridgehead atoms. The maximum atomic E-state index is 12.2. The van der Waals surface area contributed by atoms with Gasteiger partial charge in [0.2, 0.25) is 12.7 Å². The number of hydrogen-bond donors (Lipinski definition) is 12. The number of carbonyl (C=O) groups is 12. The van der Waals surface area contributed by atoms with Crippen molar-refractivity contribution in [2.45, 2.75) is 116 Å². The van der Waals surface area contributed by atoms with E-state index >= 15 is 0 Å². The van der Waals surface area contributed by atoms with E-state index in [2.05, 4.69) is 108 Å². The number of amides is 9. The van der Waals surface area contributed by atoms with E-state index in [1.54, 1.807) is 20.8 Å². The molecule has 0 saturated heterocycles. The van der Waals surface area contributed by atoms with E-state index < -0.39 is 85.3 Å². The summed E-state index contributed by atoms with van der Waals surface area (Å²) >= 11 is 0. The monoisotopic (exact) mass is 1520 g/mol. The van der Waals surface area contributed by atoms with Crippen LogP contribution >= 0.6 is 0 Å². The van der Waals surface area contributed by atoms with Crippen molar-refractivity contribution in [1.29, 1.82) is 0 Å². The van der Waals surface area contributed by atoms with Gasteiger partial charge in [-0.25, -0.2) is 38.4 Å². The molecule has 2 unspecified atom stereocenters. The van der Waals surface area contributed by atoms with Crippen molar-refractivity contribution < 1.29 is 110 Å². The predicted molar refractivity (Wildman–Crippen MR) is 404 cm³/mol. The summed E-state index contributed by atoms with van der Waals surface area (Å²) < 4.78 is 52.5. The Hall–Kier alpha value is -11.2. The number of alkyl carbamates (subject to hydrolysis) is 8. The zero-order chi connectivity index (χ0) is 74.9. The van der Waals surface area contributed by atoms with Gasteiger partial charge in [-0.1, -0.05) is 149 Å². The number of benzene rings is 4. The molecule has 6 rings (SSSR count). The van der Waals surface area contributed by atoms with Crippen molar-refractivity contribution in [3.05, 3.63) is 119 Å². The molecule has 0 aromatic heterocycles. The standard InChI is InChI=1S/C28H35N5O9.C17H18N2O2.C10H19N3O6.C6H14N2O2.C5H8O4.6CH4/c1-3-40-27(37)32-15-18(14-31-25(35)39-2)42-28(38)33-16-24(34)29-12-13-30-26(36)41-17-23-21-10-6-4-8-19(21)20-9-5-7-11-22(20)23;18-9-10-19-17(20)21-11-16-14-7-3-1-5-12(14)13-6-2-4-8-15(13)16;1-4-18-10(16)13-6-7(19-8(14)11-2)5-12-9(15)17-3;1-2-6(9)10-5(3-7)4-8;1-4(6)8-3-9-5(2)7;;;;;;/h4-11,18,23H,3,12-17H2,1-2H3,(H,29,34)(H,30,36)(H,31,35)(H,32,37)(H,33,38);1-8,16H,9-11,18H2,(H,19,20);7H,4-6H2,1-3H3,(H,11,14)(H,12,15)(H,13,16);5H,2-4,7-8H2,1H3;3H2,1-2H3;6*1H4. The number of nitrogens with one attached hydrogen (secondary N) is 9. The van der Waals surface area contributed by atoms with Gasteiger partial charge in [0.25, 0.3) is 0 Å². The molecule has 4 aromatic rings. The molecule has 0 spiro atoms. The second-order valence-corrected chi connectivity index (χ2v) is 20.6. The first kappa shape index (κ1) is 104. The Balaban J connectivity index is -0.000000450. The molecule has 4 aromatic carbocycles. The van der Waals surface area contributed by atoms with Crippen LogP contribution < -0.4 is 65.1 Å². The number of hydrogen-bond acceptors (Lipinski definition) is 26. The summed E-state index contributed by atoms with van der Waals surface area (Å²) in [6, 6.07) is 32.6. The van der Waals surface area contributed by atoms with E-state index in [1.165, 1.54) is 57.4 Å². The Morgan fingerprint density at radius 1 is 0.393 bits per heavy atom. The van der Waals surface area contributed by atoms with Crippen LogP contribution in [-0.2, 0) is 71.3 Å². The molecule has 0 fully saturated rings. The predicted octanol–water partition coefficient (Wildman–Crippen LogP) is 7.25. The third-order valence-electron chi connectivity index (χ3n) is 13.4. The lowest BCUT2D eigenvalue weighted by atomic mass is 9.98. The highest BCUT2D eigenvalue weighted by molar-refractivity contribution is 5.83. The fraction of sp³-hybridized carbons (Fsp3) is 0.500. The summed E-state index contributed by atoms with van der Waals surface area (Å²) in [5, 5.41) is 21.8. The van der Waals surface area contributed by atoms with Crippen molar-refractivity contribution >= 4 is 72.6 Å². The van der Waals surface area contributed by atoms with Gasteiger partial charge in [-0.2, -0.15) is 0 Å². The van der Waals surface area contributed by atoms with E-state index in [9.17, 15) is 57.5 Å². The molecule has 2 aliphatic carbocycles. The largest absolute Gasteiger partial charge is 0.460 e. The molecule has 0 saturated carbocycles. The van der Waals surface area contributed by atoms with Crippen LogP contribution in [0.3, 0.4) is 0 Å². The first-order valence-electron chi connectivity index (χ1n) is 31.8. The smallest absolute Gasteiger partial charge is 0.407 e. The molecular formula is C72H118N12O23. The number of ether oxygens (including phenoxy) is 11. The summed E-state index contributed by atoms with van der Waals surface area (Å²) in [5.41, 5.74) is 25.2. The molecule has 0 aliphatic heterocycles. The molecule has 604 valence electrons. The average Bonchev–Trinajstić information content (AvgIpc) is 1.63. The minimum Gasteiger partial charge on any atom is -0.460 e. The van der Waals surface area contributed by atoms with Gasteiger partial charge in [0.15, 0.2) is 0 Å². The molecule has 2 atom stereocenters. The fourth-order valence-corrected chi connectivity index (χ4v) is 8.72. The lowest BCUT2D eigenvalue weighted by Gasteiger charge is -2.19. The van der Waals surface area contributed by atoms with Crippen LogP contribution in [-0.4, -0.2) is 217 Å². The van der Waals surface area contributed by atoms with Gasteiger partial charge < -0.3 is 117 Å². The number of methoxy groups -OCH3 is 2. The molecule has 2 aliphatic rings. The van der Waals surface area contributed by atoms with E-state index in [-0.39, 0.29) is 134 Å². The summed E-state index contributed by atoms with van der Waals surface area (Å²) in [4.78, 5) is 135. The van der Waals surface area contributed by atoms with Gasteiger partial charge in [0, 0.05) is 78.4 Å². The number of carbonyl (C=O) groups excluding carboxylic acids is 12. The van der Waals surface area contributed by atoms with Crippen molar-refractivity contribution in [1.82, 2.24) is 47.9 Å². The van der Waals surface area contributed by atoms with Gasteiger partial charge in [0.1, 0.15) is 31.5 Å². The molecule has 35 heteroatoms. The SMILES string of the molecule is C.C.C.C.C.C.CC(=O)OCOC(C)=O.CCC(=O)OC(CN)CN.CCOC(=O)NCC(CNC(=O)OC)OC(=O)NC.CCOC(=O)NCC(CNC(=O)OC)OC(=O)NCC(=O)NCCNC(=O)OCC1c2ccccc2-c2ccccc21.NCCNC(=O)OCC1c2ccccc2-c2ccccc21. The number of nitrogens with two attached hydrogens (primary N) is 3. The quantitative estimate of drug-likeness (QED) is 0.0110. The van der Waals surface area contributed by atoms with E-state index in [4.69, 9.17) is 45.6 Å². The highest BCUT2D eigenvalue weighted by atomic mass is 16.7. The molecule has 0 radical (unpaired) electrons. The second kappa shape index (κ2) is 61.1. The van der Waals surface area contributed by atoms with Gasteiger partial charge >= 0.3 is 66.7 Å². The van der Waals surface area contributed by atoms with Crippen LogP contribution in [0.25, 0.3) is 22.3 Å². The van der Waals surface area contributed by atoms with Crippen molar-refractivity contribution in [3.8, 4) is 22.3 Å². The molecular weight excluding hydrogens is 1400 g/mol. The molecule has 107 heavy (non-hydrogen) atoms. The zero-order valence-electron chi connectivity index (χ0n) is 57.8. The third kappa shape index (κ3) is 42.4. The normalized spacial score (nSPS) is 10.8. The first-order valence-corrected chi connectivity index (χ1v) is 31.8. The Morgan fingerprint density at radius 2 is 0.729 bits per heavy atom. The molecule has 15 N–H and O–H groups in total. The second-order valence-electron chi connectivity index (χ2n) is 20.6. The Kier molecular flexibility index (Phi) is 59.7. The minimum atomic E-state index is -0.974. The zero-order valence-corrected chi connectivity index (χ0v) is 57.8. The average molecular weight is 1520 g/mol. The van der Waals surface area contributed by atoms with Crippen LogP contribution in [0.4, 0.5) is 38.4 Å². The topological polar surface area (TPSA) is 493 Å². The number of rotatable bonds is 29. The summed E-state index contributed by atoms with van der Waals surface area (Å²) in [5.74, 6) is -1.67. The molecule has 0 heterocycles. The highest BCUT2D eigenvalue weighted by Gasteiger charge is 2.31. The van der Waals surface area contributed by atoms with E-state index in [0.29, 0.717) is 39.2 Å². The van der Waals surface area contributed by atoms with Gasteiger partial charge in [-0.3, -0.25) is 19.2 Å². The number of fused-ring (bicyclic) bond motifs is 6. The Bertz CT molecular complexity index is 3170. The fourth-order valence-electron chi connectivity index (χ4n) is 8.72. The van der Waals surface area contributed by atoms with Gasteiger partial charge in [-0.15, -0.1) is 0 Å². The third-order valence-corrected chi connectivity index (χ3v) is 13.4. The van der Waals surface area contributed by atoms with Gasteiger partial charge in [-0.05, 0) is 58.4 Å². The Labute approximate surface area is 628 Å². The highest BCUT2D eigenvalue weighted by Crippen LogP contribution is 2.45. The molecule has 9 amide bonds. The van der Waals surface area contributed by atoms with Crippen molar-refractivity contribution in [2.24, 2.45) is 17.2 Å². The maximum absolute atomic E-state index is 12.2. The summed E-state index contributed by atoms with van der Waals surface area (Å²) in [6.07, 6.45) is -7.11. The summed E-state index contributed by atoms with van der Waals surface area (Å²) in [6.45, 7) is 8.96. The van der Waals surface area contributed by atoms with Crippen molar-refractivity contribution in [3.63, 3.8) is 0 Å². The van der Waals surface area contributed by atoms with Gasteiger partial charge in [0.05, 0.1) is 60.2 Å². The maximum Gasteiger partial charge on any atom is 0.407 e. The van der Waals surface area contributed by atoms with Crippen molar-refractivity contribution in [2.75, 3.05) is 126 Å². The van der Waals surface area contributed by atoms with Crippen LogP contribution in [0.1, 0.15) is 120 Å². The van der Waals surface area contributed by atoms with Crippen LogP contribution in [0, 0.1) is 0 Å². The van der Waals surface area contributed by atoms with E-state index in [0.717, 1.165) is 22.3 Å². The minimum absolute atomic E-state index is 0. The van der Waals surface area contributed by atoms with Crippen LogP contribution in [0.15, 0.2) is 97.1 Å². The molecule has 35 nitrogen and oxygen atoms in total. The van der Waals surface area contributed by atoms with Crippen LogP contribution in [0.5, 0.6) is 0 Å². The lowest BCUT2D eigenvalue weighted by Crippen LogP contribution is -2.46. The number of esters is 3. The van der Waals surface area contributed by atoms with Crippen LogP contribution in [0.2, 0.25) is 0 Å². The first-order chi connectivity index (χ1) is 48.5. The lowest BCUT2D eigenvalue weighted by molar-refractivity contribution is -0.164. The summed E-state index contributed by atoms with van der Waals surface area (Å²) in [7, 11) is 3.77. The Morgan fingerprint density at radius 3 is 1.06 bits per heavy atom.